The van der Waals surface area contributed by atoms with E-state index in [1.807, 2.05) is 44.4 Å². The summed E-state index contributed by atoms with van der Waals surface area (Å²) >= 11 is 0. The maximum atomic E-state index is 14.1. The van der Waals surface area contributed by atoms with Crippen molar-refractivity contribution in [2.75, 3.05) is 46.8 Å². The van der Waals surface area contributed by atoms with Crippen LogP contribution in [-0.4, -0.2) is 113 Å². The molecule has 222 valence electrons. The molecule has 0 spiro atoms. The van der Waals surface area contributed by atoms with E-state index in [1.165, 1.54) is 14.7 Å². The van der Waals surface area contributed by atoms with E-state index in [4.69, 9.17) is 9.47 Å². The molecule has 2 aliphatic rings. The van der Waals surface area contributed by atoms with Gasteiger partial charge in [-0.15, -0.1) is 0 Å². The Kier molecular flexibility index (Phi) is 10.8. The van der Waals surface area contributed by atoms with Gasteiger partial charge in [-0.05, 0) is 78.6 Å². The number of piperidine rings is 1. The van der Waals surface area contributed by atoms with Crippen LogP contribution >= 0.6 is 0 Å². The number of aliphatic carboxylic acids is 1. The first kappa shape index (κ1) is 31.2. The number of piperazine rings is 1. The first-order valence-corrected chi connectivity index (χ1v) is 14.0. The summed E-state index contributed by atoms with van der Waals surface area (Å²) in [6, 6.07) is 7.23. The zero-order chi connectivity index (χ0) is 29.4. The molecule has 0 aromatic heterocycles. The molecule has 2 fully saturated rings. The summed E-state index contributed by atoms with van der Waals surface area (Å²) in [7, 11) is 3.97. The molecule has 2 aliphatic heterocycles. The highest BCUT2D eigenvalue weighted by molar-refractivity contribution is 5.90. The van der Waals surface area contributed by atoms with Crippen molar-refractivity contribution >= 4 is 24.1 Å². The summed E-state index contributed by atoms with van der Waals surface area (Å²) < 4.78 is 11.0. The van der Waals surface area contributed by atoms with Crippen molar-refractivity contribution in [1.29, 1.82) is 0 Å². The number of benzene rings is 1. The van der Waals surface area contributed by atoms with E-state index in [1.54, 1.807) is 20.8 Å². The van der Waals surface area contributed by atoms with Crippen LogP contribution < -0.4 is 0 Å². The maximum absolute atomic E-state index is 14.1. The summed E-state index contributed by atoms with van der Waals surface area (Å²) in [4.78, 5) is 58.6. The minimum absolute atomic E-state index is 0.0306. The molecule has 0 radical (unpaired) electrons. The number of carboxylic acid groups (broad SMARTS) is 1. The molecule has 3 rings (SSSR count). The molecule has 11 heteroatoms. The third-order valence-electron chi connectivity index (χ3n) is 7.23. The van der Waals surface area contributed by atoms with Crippen molar-refractivity contribution in [2.24, 2.45) is 5.92 Å². The van der Waals surface area contributed by atoms with Crippen LogP contribution in [-0.2, 0) is 25.7 Å². The van der Waals surface area contributed by atoms with Gasteiger partial charge in [-0.3, -0.25) is 9.69 Å². The molecule has 2 heterocycles. The molecule has 1 aromatic rings. The minimum atomic E-state index is -1.25. The van der Waals surface area contributed by atoms with Gasteiger partial charge in [0.25, 0.3) is 0 Å². The summed E-state index contributed by atoms with van der Waals surface area (Å²) in [5.74, 6) is -1.76. The van der Waals surface area contributed by atoms with E-state index >= 15 is 0 Å². The van der Waals surface area contributed by atoms with Crippen LogP contribution in [0.5, 0.6) is 0 Å². The lowest BCUT2D eigenvalue weighted by atomic mass is 9.84. The molecule has 1 aromatic carbocycles. The van der Waals surface area contributed by atoms with Crippen molar-refractivity contribution in [2.45, 2.75) is 70.7 Å². The third-order valence-corrected chi connectivity index (χ3v) is 7.23. The average molecular weight is 561 g/mol. The Hall–Kier alpha value is -3.34. The topological polar surface area (TPSA) is 120 Å². The van der Waals surface area contributed by atoms with E-state index in [0.29, 0.717) is 13.0 Å². The standard InChI is InChI=1S/C29H44N4O7/c1-29(2,3)40-27(37)31-17-18-32(23(19-31)26(35)36)25(34)24-22(13-9-15-30(4)5)14-10-16-33(24)28(38)39-20-21-11-7-6-8-12-21/h6-8,11-12,22-24H,9-10,13-20H2,1-5H3,(H,35,36)/t22?,23-,24?/m0/s1. The van der Waals surface area contributed by atoms with Gasteiger partial charge in [-0.2, -0.15) is 0 Å². The molecular formula is C29H44N4O7. The number of ether oxygens (including phenoxy) is 2. The smallest absolute Gasteiger partial charge is 0.410 e. The highest BCUT2D eigenvalue weighted by Gasteiger charge is 2.46. The first-order valence-electron chi connectivity index (χ1n) is 14.0. The summed E-state index contributed by atoms with van der Waals surface area (Å²) in [5.41, 5.74) is 0.105. The number of carbonyl (C=O) groups excluding carboxylic acids is 3. The second-order valence-electron chi connectivity index (χ2n) is 11.8. The van der Waals surface area contributed by atoms with Crippen molar-refractivity contribution in [3.05, 3.63) is 35.9 Å². The van der Waals surface area contributed by atoms with Gasteiger partial charge in [0, 0.05) is 19.6 Å². The minimum Gasteiger partial charge on any atom is -0.480 e. The fourth-order valence-corrected chi connectivity index (χ4v) is 5.31. The first-order chi connectivity index (χ1) is 18.9. The Morgan fingerprint density at radius 1 is 1.00 bits per heavy atom. The molecular weight excluding hydrogens is 516 g/mol. The Balaban J connectivity index is 1.81. The number of rotatable bonds is 8. The number of amides is 3. The van der Waals surface area contributed by atoms with Gasteiger partial charge in [-0.25, -0.2) is 14.4 Å². The van der Waals surface area contributed by atoms with Crippen molar-refractivity contribution in [1.82, 2.24) is 19.6 Å². The normalized spacial score (nSPS) is 21.8. The fraction of sp³-hybridized carbons (Fsp3) is 0.655. The molecule has 2 saturated heterocycles. The molecule has 0 saturated carbocycles. The van der Waals surface area contributed by atoms with Gasteiger partial charge >= 0.3 is 18.2 Å². The molecule has 0 aliphatic carbocycles. The van der Waals surface area contributed by atoms with Gasteiger partial charge < -0.3 is 29.3 Å². The van der Waals surface area contributed by atoms with Gasteiger partial charge in [0.2, 0.25) is 5.91 Å². The fourth-order valence-electron chi connectivity index (χ4n) is 5.31. The van der Waals surface area contributed by atoms with Crippen LogP contribution in [0.1, 0.15) is 52.0 Å². The van der Waals surface area contributed by atoms with Gasteiger partial charge in [-0.1, -0.05) is 30.3 Å². The molecule has 2 unspecified atom stereocenters. The van der Waals surface area contributed by atoms with E-state index in [2.05, 4.69) is 4.90 Å². The molecule has 1 N–H and O–H groups in total. The van der Waals surface area contributed by atoms with E-state index < -0.39 is 41.7 Å². The third kappa shape index (κ3) is 8.58. The lowest BCUT2D eigenvalue weighted by molar-refractivity contribution is -0.157. The number of nitrogens with zero attached hydrogens (tertiary/aromatic N) is 4. The molecule has 3 atom stereocenters. The lowest BCUT2D eigenvalue weighted by Crippen LogP contribution is -2.65. The Morgan fingerprint density at radius 2 is 1.70 bits per heavy atom. The maximum Gasteiger partial charge on any atom is 0.410 e. The molecule has 3 amide bonds. The number of hydrogen-bond donors (Lipinski definition) is 1. The van der Waals surface area contributed by atoms with Crippen molar-refractivity contribution < 1.29 is 33.8 Å². The molecule has 11 nitrogen and oxygen atoms in total. The lowest BCUT2D eigenvalue weighted by Gasteiger charge is -2.45. The van der Waals surface area contributed by atoms with Gasteiger partial charge in [0.1, 0.15) is 24.3 Å². The van der Waals surface area contributed by atoms with Gasteiger partial charge in [0.15, 0.2) is 0 Å². The Bertz CT molecular complexity index is 1030. The SMILES string of the molecule is CN(C)CCCC1CCCN(C(=O)OCc2ccccc2)C1C(=O)N1CCN(C(=O)OC(C)(C)C)C[C@H]1C(=O)O. The second kappa shape index (κ2) is 13.8. The quantitative estimate of drug-likeness (QED) is 0.515. The van der Waals surface area contributed by atoms with Gasteiger partial charge in [0.05, 0.1) is 6.54 Å². The Labute approximate surface area is 237 Å². The number of carbonyl (C=O) groups is 4. The highest BCUT2D eigenvalue weighted by Crippen LogP contribution is 2.31. The number of hydrogen-bond acceptors (Lipinski definition) is 7. The Morgan fingerprint density at radius 3 is 2.33 bits per heavy atom. The van der Waals surface area contributed by atoms with E-state index in [9.17, 15) is 24.3 Å². The second-order valence-corrected chi connectivity index (χ2v) is 11.8. The van der Waals surface area contributed by atoms with Crippen LogP contribution in [0.4, 0.5) is 9.59 Å². The summed E-state index contributed by atoms with van der Waals surface area (Å²) in [5, 5.41) is 10.1. The van der Waals surface area contributed by atoms with Crippen LogP contribution in [0.15, 0.2) is 30.3 Å². The number of carboxylic acids is 1. The van der Waals surface area contributed by atoms with E-state index in [0.717, 1.165) is 31.4 Å². The van der Waals surface area contributed by atoms with Crippen LogP contribution in [0.2, 0.25) is 0 Å². The number of likely N-dealkylation sites (tertiary alicyclic amines) is 1. The van der Waals surface area contributed by atoms with Crippen LogP contribution in [0, 0.1) is 5.92 Å². The largest absolute Gasteiger partial charge is 0.480 e. The van der Waals surface area contributed by atoms with Crippen LogP contribution in [0.3, 0.4) is 0 Å². The zero-order valence-corrected chi connectivity index (χ0v) is 24.4. The van der Waals surface area contributed by atoms with Crippen molar-refractivity contribution in [3.8, 4) is 0 Å². The van der Waals surface area contributed by atoms with Crippen LogP contribution in [0.25, 0.3) is 0 Å². The summed E-state index contributed by atoms with van der Waals surface area (Å²) in [6.45, 7) is 6.47. The average Bonchev–Trinajstić information content (AvgIpc) is 2.90. The predicted octanol–water partition coefficient (Wildman–Crippen LogP) is 3.28. The zero-order valence-electron chi connectivity index (χ0n) is 24.4. The summed E-state index contributed by atoms with van der Waals surface area (Å²) in [6.07, 6.45) is 1.83. The van der Waals surface area contributed by atoms with E-state index in [-0.39, 0.29) is 32.2 Å². The predicted molar refractivity (Wildman–Crippen MR) is 149 cm³/mol. The van der Waals surface area contributed by atoms with Crippen molar-refractivity contribution in [3.63, 3.8) is 0 Å². The highest BCUT2D eigenvalue weighted by atomic mass is 16.6. The molecule has 40 heavy (non-hydrogen) atoms. The monoisotopic (exact) mass is 560 g/mol. The molecule has 0 bridgehead atoms.